The zero-order valence-electron chi connectivity index (χ0n) is 41.3. The number of hydrogen-bond donors (Lipinski definition) is 0. The molecule has 0 bridgehead atoms. The van der Waals surface area contributed by atoms with Crippen LogP contribution in [0.5, 0.6) is 0 Å². The Balaban J connectivity index is 1.23. The van der Waals surface area contributed by atoms with Gasteiger partial charge in [0.1, 0.15) is 0 Å². The van der Waals surface area contributed by atoms with E-state index in [-0.39, 0.29) is 33.8 Å². The Morgan fingerprint density at radius 2 is 1.05 bits per heavy atom. The van der Waals surface area contributed by atoms with E-state index < -0.39 is 0 Å². The van der Waals surface area contributed by atoms with Crippen molar-refractivity contribution in [3.8, 4) is 0 Å². The Morgan fingerprint density at radius 1 is 0.485 bits per heavy atom. The molecule has 0 atom stereocenters. The lowest BCUT2D eigenvalue weighted by molar-refractivity contribution is 0.332. The molecule has 0 saturated heterocycles. The largest absolute Gasteiger partial charge is 0.311 e. The number of hydrogen-bond acceptors (Lipinski definition) is 3. The zero-order chi connectivity index (χ0) is 46.2. The second-order valence-electron chi connectivity index (χ2n) is 23.8. The summed E-state index contributed by atoms with van der Waals surface area (Å²) in [7, 11) is 0. The van der Waals surface area contributed by atoms with Crippen molar-refractivity contribution in [2.75, 3.05) is 9.80 Å². The molecule has 4 heteroatoms. The van der Waals surface area contributed by atoms with Crippen LogP contribution in [0.4, 0.5) is 34.1 Å². The quantitative estimate of drug-likeness (QED) is 0.160. The van der Waals surface area contributed by atoms with Gasteiger partial charge in [-0.05, 0) is 158 Å². The molecule has 0 saturated carbocycles. The van der Waals surface area contributed by atoms with Gasteiger partial charge in [0, 0.05) is 59.4 Å². The van der Waals surface area contributed by atoms with Gasteiger partial charge in [-0.3, -0.25) is 0 Å². The van der Waals surface area contributed by atoms with Gasteiger partial charge in [0.25, 0.3) is 6.71 Å². The van der Waals surface area contributed by atoms with Crippen molar-refractivity contribution in [3.63, 3.8) is 0 Å². The van der Waals surface area contributed by atoms with Crippen molar-refractivity contribution in [1.82, 2.24) is 0 Å². The Labute approximate surface area is 397 Å². The first-order valence-corrected chi connectivity index (χ1v) is 25.2. The van der Waals surface area contributed by atoms with E-state index in [1.807, 2.05) is 11.3 Å². The molecule has 330 valence electrons. The molecular weight excluding hydrogens is 816 g/mol. The molecule has 0 spiro atoms. The van der Waals surface area contributed by atoms with Crippen molar-refractivity contribution < 1.29 is 0 Å². The number of rotatable bonds is 2. The monoisotopic (exact) mass is 878 g/mol. The van der Waals surface area contributed by atoms with Gasteiger partial charge >= 0.3 is 0 Å². The van der Waals surface area contributed by atoms with Crippen molar-refractivity contribution in [1.29, 1.82) is 0 Å². The van der Waals surface area contributed by atoms with Crippen LogP contribution in [0, 0.1) is 13.8 Å². The highest BCUT2D eigenvalue weighted by atomic mass is 32.1. The van der Waals surface area contributed by atoms with E-state index >= 15 is 0 Å². The van der Waals surface area contributed by atoms with Gasteiger partial charge in [-0.25, -0.2) is 0 Å². The molecule has 0 amide bonds. The van der Waals surface area contributed by atoms with Crippen LogP contribution in [-0.2, 0) is 27.1 Å². The lowest BCUT2D eigenvalue weighted by Gasteiger charge is -2.49. The van der Waals surface area contributed by atoms with E-state index in [4.69, 9.17) is 0 Å². The smallest absolute Gasteiger partial charge is 0.252 e. The first kappa shape index (κ1) is 41.8. The number of anilines is 6. The van der Waals surface area contributed by atoms with E-state index in [0.29, 0.717) is 0 Å². The minimum atomic E-state index is -0.195. The minimum absolute atomic E-state index is 0.0171. The van der Waals surface area contributed by atoms with Crippen LogP contribution in [0.2, 0.25) is 0 Å². The van der Waals surface area contributed by atoms with Crippen molar-refractivity contribution >= 4 is 88.7 Å². The molecule has 0 N–H and O–H groups in total. The third-order valence-electron chi connectivity index (χ3n) is 16.9. The topological polar surface area (TPSA) is 6.48 Å². The van der Waals surface area contributed by atoms with Crippen LogP contribution in [0.25, 0.3) is 20.2 Å². The maximum absolute atomic E-state index is 2.73. The molecule has 2 nitrogen and oxygen atoms in total. The summed E-state index contributed by atoms with van der Waals surface area (Å²) in [5, 5.41) is 2.65. The van der Waals surface area contributed by atoms with Gasteiger partial charge in [-0.1, -0.05) is 149 Å². The van der Waals surface area contributed by atoms with Crippen LogP contribution in [-0.4, -0.2) is 6.71 Å². The molecule has 0 fully saturated rings. The molecule has 7 aromatic carbocycles. The minimum Gasteiger partial charge on any atom is -0.311 e. The lowest BCUT2D eigenvalue weighted by atomic mass is 9.33. The fourth-order valence-electron chi connectivity index (χ4n) is 13.0. The second kappa shape index (κ2) is 13.5. The highest BCUT2D eigenvalue weighted by Crippen LogP contribution is 2.55. The van der Waals surface area contributed by atoms with Crippen LogP contribution >= 0.6 is 11.3 Å². The van der Waals surface area contributed by atoms with E-state index in [9.17, 15) is 0 Å². The Morgan fingerprint density at radius 3 is 1.71 bits per heavy atom. The average Bonchev–Trinajstić information content (AvgIpc) is 3.66. The molecule has 1 aromatic heterocycles. The summed E-state index contributed by atoms with van der Waals surface area (Å²) in [6.07, 6.45) is 2.37. The van der Waals surface area contributed by atoms with Crippen molar-refractivity contribution in [2.45, 2.75) is 130 Å². The SMILES string of the molecule is Cc1cc2c3c(c1)N(c1cccc4sc5ccccc5c14)c1ccc(C(C)(C)C)cc1B3c1cc3c(cc1N2c1cc2c(cc1C)C(C)(C)CCC2(C)C)C(C)(C)c1ccccc1C3(C)C. The summed E-state index contributed by atoms with van der Waals surface area (Å²) >= 11 is 1.90. The summed E-state index contributed by atoms with van der Waals surface area (Å²) in [4.78, 5) is 5.38. The third kappa shape index (κ3) is 5.66. The molecule has 0 unspecified atom stereocenters. The lowest BCUT2D eigenvalue weighted by Crippen LogP contribution is -2.62. The van der Waals surface area contributed by atoms with Gasteiger partial charge in [-0.2, -0.15) is 0 Å². The van der Waals surface area contributed by atoms with E-state index in [1.165, 1.54) is 134 Å². The standard InChI is InChI=1S/C62H63BN2S/c1-36-29-52-57-53(30-36)65(50-34-43-42(31-37(50)2)59(6,7)27-28-60(43,8)9)51-35-45-44(61(10,11)40-20-15-16-21-41(40)62(45,12)13)33-47(51)63(57)46-32-38(58(3,4)5)25-26-48(46)64(52)49-22-18-24-55-56(49)39-19-14-17-23-54(39)66-55/h14-26,29-35H,27-28H2,1-13H3. The first-order valence-electron chi connectivity index (χ1n) is 24.4. The molecule has 66 heavy (non-hydrogen) atoms. The molecule has 3 heterocycles. The number of aryl methyl sites for hydroxylation is 2. The van der Waals surface area contributed by atoms with Gasteiger partial charge in [0.15, 0.2) is 0 Å². The fraction of sp³-hybridized carbons (Fsp3) is 0.323. The van der Waals surface area contributed by atoms with Crippen molar-refractivity contribution in [2.24, 2.45) is 0 Å². The fourth-order valence-corrected chi connectivity index (χ4v) is 14.1. The predicted molar refractivity (Wildman–Crippen MR) is 288 cm³/mol. The second-order valence-corrected chi connectivity index (χ2v) is 24.9. The Bertz CT molecular complexity index is 3410. The maximum Gasteiger partial charge on any atom is 0.252 e. The van der Waals surface area contributed by atoms with E-state index in [2.05, 4.69) is 221 Å². The summed E-state index contributed by atoms with van der Waals surface area (Å²) in [5.41, 5.74) is 24.4. The van der Waals surface area contributed by atoms with E-state index in [1.54, 1.807) is 0 Å². The number of nitrogens with zero attached hydrogens (tertiary/aromatic N) is 2. The molecule has 4 aliphatic rings. The van der Waals surface area contributed by atoms with Crippen LogP contribution < -0.4 is 26.2 Å². The highest BCUT2D eigenvalue weighted by Gasteiger charge is 2.49. The maximum atomic E-state index is 2.73. The van der Waals surface area contributed by atoms with Crippen LogP contribution in [0.3, 0.4) is 0 Å². The van der Waals surface area contributed by atoms with Crippen molar-refractivity contribution in [3.05, 3.63) is 171 Å². The Kier molecular flexibility index (Phi) is 8.58. The molecule has 2 aliphatic carbocycles. The third-order valence-corrected chi connectivity index (χ3v) is 18.0. The molecule has 0 radical (unpaired) electrons. The number of benzene rings is 7. The van der Waals surface area contributed by atoms with Crippen LogP contribution in [0.1, 0.15) is 139 Å². The van der Waals surface area contributed by atoms with Gasteiger partial charge in [0.2, 0.25) is 0 Å². The molecule has 8 aromatic rings. The molecule has 2 aliphatic heterocycles. The number of thiophene rings is 1. The predicted octanol–water partition coefficient (Wildman–Crippen LogP) is 15.4. The summed E-state index contributed by atoms with van der Waals surface area (Å²) in [6, 6.07) is 48.2. The van der Waals surface area contributed by atoms with E-state index in [0.717, 1.165) is 0 Å². The summed E-state index contributed by atoms with van der Waals surface area (Å²) < 4.78 is 2.65. The normalized spacial score (nSPS) is 18.0. The zero-order valence-corrected chi connectivity index (χ0v) is 42.2. The number of fused-ring (bicyclic) bond motifs is 10. The first-order chi connectivity index (χ1) is 31.2. The van der Waals surface area contributed by atoms with Crippen LogP contribution in [0.15, 0.2) is 121 Å². The summed E-state index contributed by atoms with van der Waals surface area (Å²) in [6.45, 7) is 31.5. The summed E-state index contributed by atoms with van der Waals surface area (Å²) in [5.74, 6) is 0. The average molecular weight is 879 g/mol. The van der Waals surface area contributed by atoms with Gasteiger partial charge in [0.05, 0.1) is 5.69 Å². The van der Waals surface area contributed by atoms with Gasteiger partial charge in [-0.15, -0.1) is 11.3 Å². The molecular formula is C62H63BN2S. The highest BCUT2D eigenvalue weighted by molar-refractivity contribution is 7.26. The Hall–Kier alpha value is -5.58. The van der Waals surface area contributed by atoms with Gasteiger partial charge < -0.3 is 9.80 Å². The molecule has 12 rings (SSSR count).